The van der Waals surface area contributed by atoms with E-state index in [1.54, 1.807) is 0 Å². The highest BCUT2D eigenvalue weighted by atomic mass is 19.1. The van der Waals surface area contributed by atoms with Gasteiger partial charge < -0.3 is 4.74 Å². The number of halogens is 1. The molecule has 1 aromatic heterocycles. The summed E-state index contributed by atoms with van der Waals surface area (Å²) >= 11 is 0. The van der Waals surface area contributed by atoms with Crippen molar-refractivity contribution in [1.29, 1.82) is 0 Å². The minimum atomic E-state index is -0.361. The summed E-state index contributed by atoms with van der Waals surface area (Å²) in [7, 11) is 0. The number of hydrogen-bond donors (Lipinski definition) is 0. The monoisotopic (exact) mass is 292 g/mol. The third-order valence-corrected chi connectivity index (χ3v) is 3.99. The van der Waals surface area contributed by atoms with E-state index in [-0.39, 0.29) is 23.0 Å². The van der Waals surface area contributed by atoms with Gasteiger partial charge in [0.05, 0.1) is 18.3 Å². The van der Waals surface area contributed by atoms with Crippen molar-refractivity contribution in [2.75, 3.05) is 6.61 Å². The van der Waals surface area contributed by atoms with Crippen LogP contribution in [0.15, 0.2) is 29.1 Å². The molecule has 2 heterocycles. The quantitative estimate of drug-likeness (QED) is 0.857. The minimum absolute atomic E-state index is 0.0130. The SMILES string of the molecule is CC1(C)CCOC1Cn1nnn(-c2ccc(F)cc2)c1=O. The summed E-state index contributed by atoms with van der Waals surface area (Å²) in [6.45, 7) is 5.28. The fraction of sp³-hybridized carbons (Fsp3) is 0.500. The molecule has 2 aromatic rings. The van der Waals surface area contributed by atoms with Gasteiger partial charge in [-0.1, -0.05) is 13.8 Å². The predicted molar refractivity (Wildman–Crippen MR) is 73.7 cm³/mol. The first kappa shape index (κ1) is 13.9. The van der Waals surface area contributed by atoms with Gasteiger partial charge in [0, 0.05) is 6.61 Å². The lowest BCUT2D eigenvalue weighted by atomic mass is 9.86. The first-order valence-electron chi connectivity index (χ1n) is 6.88. The number of aromatic nitrogens is 4. The van der Waals surface area contributed by atoms with Crippen molar-refractivity contribution < 1.29 is 9.13 Å². The van der Waals surface area contributed by atoms with Crippen LogP contribution >= 0.6 is 0 Å². The van der Waals surface area contributed by atoms with Gasteiger partial charge >= 0.3 is 5.69 Å². The Hall–Kier alpha value is -2.02. The second-order valence-corrected chi connectivity index (χ2v) is 5.93. The van der Waals surface area contributed by atoms with Gasteiger partial charge in [0.25, 0.3) is 0 Å². The summed E-state index contributed by atoms with van der Waals surface area (Å²) in [5.41, 5.74) is 0.145. The zero-order valence-electron chi connectivity index (χ0n) is 12.0. The maximum absolute atomic E-state index is 12.9. The summed E-state index contributed by atoms with van der Waals surface area (Å²) in [4.78, 5) is 12.3. The molecule has 0 spiro atoms. The molecular formula is C14H17FN4O2. The van der Waals surface area contributed by atoms with Crippen LogP contribution in [0.4, 0.5) is 4.39 Å². The zero-order valence-corrected chi connectivity index (χ0v) is 12.0. The van der Waals surface area contributed by atoms with E-state index in [9.17, 15) is 9.18 Å². The molecule has 1 unspecified atom stereocenters. The van der Waals surface area contributed by atoms with Crippen molar-refractivity contribution in [2.45, 2.75) is 32.9 Å². The van der Waals surface area contributed by atoms with E-state index in [2.05, 4.69) is 24.3 Å². The van der Waals surface area contributed by atoms with E-state index < -0.39 is 0 Å². The highest BCUT2D eigenvalue weighted by molar-refractivity contribution is 5.29. The van der Waals surface area contributed by atoms with Crippen molar-refractivity contribution in [2.24, 2.45) is 5.41 Å². The highest BCUT2D eigenvalue weighted by Crippen LogP contribution is 2.34. The molecule has 1 saturated heterocycles. The van der Waals surface area contributed by atoms with Crippen LogP contribution in [0, 0.1) is 11.2 Å². The second kappa shape index (κ2) is 5.07. The number of rotatable bonds is 3. The number of nitrogens with zero attached hydrogens (tertiary/aromatic N) is 4. The van der Waals surface area contributed by atoms with Gasteiger partial charge in [0.15, 0.2) is 0 Å². The van der Waals surface area contributed by atoms with Gasteiger partial charge in [-0.05, 0) is 46.5 Å². The van der Waals surface area contributed by atoms with Crippen LogP contribution in [0.5, 0.6) is 0 Å². The number of tetrazole rings is 1. The van der Waals surface area contributed by atoms with Gasteiger partial charge in [-0.3, -0.25) is 0 Å². The summed E-state index contributed by atoms with van der Waals surface area (Å²) in [6.07, 6.45) is 0.895. The molecule has 1 atom stereocenters. The molecule has 112 valence electrons. The summed E-state index contributed by atoms with van der Waals surface area (Å²) in [5, 5.41) is 7.73. The van der Waals surface area contributed by atoms with Crippen molar-refractivity contribution in [1.82, 2.24) is 19.8 Å². The Kier molecular flexibility index (Phi) is 3.36. The van der Waals surface area contributed by atoms with Crippen LogP contribution in [0.2, 0.25) is 0 Å². The Balaban J connectivity index is 1.86. The molecule has 0 radical (unpaired) electrons. The van der Waals surface area contributed by atoms with Gasteiger partial charge in [-0.15, -0.1) is 0 Å². The number of ether oxygens (including phenoxy) is 1. The summed E-state index contributed by atoms with van der Waals surface area (Å²) in [6, 6.07) is 5.55. The van der Waals surface area contributed by atoms with E-state index >= 15 is 0 Å². The fourth-order valence-corrected chi connectivity index (χ4v) is 2.44. The molecule has 0 aliphatic carbocycles. The molecule has 1 aliphatic heterocycles. The average Bonchev–Trinajstić information content (AvgIpc) is 2.96. The van der Waals surface area contributed by atoms with E-state index in [1.807, 2.05) is 0 Å². The normalized spacial score (nSPS) is 20.8. The lowest BCUT2D eigenvalue weighted by molar-refractivity contribution is 0.0458. The Morgan fingerprint density at radius 3 is 2.67 bits per heavy atom. The first-order valence-corrected chi connectivity index (χ1v) is 6.88. The van der Waals surface area contributed by atoms with Crippen molar-refractivity contribution in [3.05, 3.63) is 40.6 Å². The van der Waals surface area contributed by atoms with Crippen LogP contribution < -0.4 is 5.69 Å². The predicted octanol–water partition coefficient (Wildman–Crippen LogP) is 1.38. The summed E-state index contributed by atoms with van der Waals surface area (Å²) < 4.78 is 21.0. The molecule has 6 nitrogen and oxygen atoms in total. The zero-order chi connectivity index (χ0) is 15.0. The molecule has 1 aliphatic rings. The van der Waals surface area contributed by atoms with Crippen molar-refractivity contribution in [3.8, 4) is 5.69 Å². The van der Waals surface area contributed by atoms with Gasteiger partial charge in [0.2, 0.25) is 0 Å². The van der Waals surface area contributed by atoms with Crippen LogP contribution in [0.1, 0.15) is 20.3 Å². The molecule has 0 bridgehead atoms. The van der Waals surface area contributed by atoms with E-state index in [0.29, 0.717) is 18.8 Å². The van der Waals surface area contributed by atoms with Crippen LogP contribution in [-0.2, 0) is 11.3 Å². The minimum Gasteiger partial charge on any atom is -0.376 e. The molecule has 0 N–H and O–H groups in total. The van der Waals surface area contributed by atoms with Crippen LogP contribution in [-0.4, -0.2) is 32.5 Å². The molecule has 1 fully saturated rings. The lowest BCUT2D eigenvalue weighted by Gasteiger charge is -2.24. The molecule has 7 heteroatoms. The van der Waals surface area contributed by atoms with Gasteiger partial charge in [-0.2, -0.15) is 9.36 Å². The third kappa shape index (κ3) is 2.61. The smallest absolute Gasteiger partial charge is 0.368 e. The van der Waals surface area contributed by atoms with Crippen molar-refractivity contribution >= 4 is 0 Å². The third-order valence-electron chi connectivity index (χ3n) is 3.99. The fourth-order valence-electron chi connectivity index (χ4n) is 2.44. The maximum Gasteiger partial charge on any atom is 0.368 e. The highest BCUT2D eigenvalue weighted by Gasteiger charge is 2.36. The first-order chi connectivity index (χ1) is 9.97. The van der Waals surface area contributed by atoms with Crippen LogP contribution in [0.25, 0.3) is 5.69 Å². The Morgan fingerprint density at radius 2 is 2.05 bits per heavy atom. The summed E-state index contributed by atoms with van der Waals surface area (Å²) in [5.74, 6) is -0.361. The Labute approximate surface area is 121 Å². The molecule has 0 saturated carbocycles. The largest absolute Gasteiger partial charge is 0.376 e. The number of benzene rings is 1. The average molecular weight is 292 g/mol. The molecule has 1 aromatic carbocycles. The second-order valence-electron chi connectivity index (χ2n) is 5.93. The number of hydrogen-bond acceptors (Lipinski definition) is 4. The lowest BCUT2D eigenvalue weighted by Crippen LogP contribution is -2.34. The standard InChI is InChI=1S/C14H17FN4O2/c1-14(2)7-8-21-12(14)9-18-13(20)19(17-16-18)11-5-3-10(15)4-6-11/h3-6,12H,7-9H2,1-2H3. The molecule has 3 rings (SSSR count). The molecule has 0 amide bonds. The maximum atomic E-state index is 12.9. The van der Waals surface area contributed by atoms with Gasteiger partial charge in [0.1, 0.15) is 5.82 Å². The van der Waals surface area contributed by atoms with Crippen LogP contribution in [0.3, 0.4) is 0 Å². The van der Waals surface area contributed by atoms with E-state index in [0.717, 1.165) is 11.1 Å². The van der Waals surface area contributed by atoms with Gasteiger partial charge in [-0.25, -0.2) is 9.18 Å². The van der Waals surface area contributed by atoms with E-state index in [4.69, 9.17) is 4.74 Å². The molecular weight excluding hydrogens is 275 g/mol. The topological polar surface area (TPSA) is 61.9 Å². The Morgan fingerprint density at radius 1 is 1.33 bits per heavy atom. The Bertz CT molecular complexity index is 690. The molecule has 21 heavy (non-hydrogen) atoms. The van der Waals surface area contributed by atoms with Crippen molar-refractivity contribution in [3.63, 3.8) is 0 Å². The van der Waals surface area contributed by atoms with E-state index in [1.165, 1.54) is 28.9 Å².